The molecule has 28 heavy (non-hydrogen) atoms. The van der Waals surface area contributed by atoms with E-state index in [-0.39, 0.29) is 5.97 Å². The van der Waals surface area contributed by atoms with Crippen molar-refractivity contribution in [3.63, 3.8) is 0 Å². The zero-order chi connectivity index (χ0) is 19.9. The van der Waals surface area contributed by atoms with Gasteiger partial charge in [-0.1, -0.05) is 26.0 Å². The lowest BCUT2D eigenvalue weighted by Crippen LogP contribution is -2.09. The third-order valence-corrected chi connectivity index (χ3v) is 3.99. The van der Waals surface area contributed by atoms with E-state index in [4.69, 9.17) is 13.9 Å². The van der Waals surface area contributed by atoms with Crippen LogP contribution < -0.4 is 4.74 Å². The van der Waals surface area contributed by atoms with E-state index in [2.05, 4.69) is 4.99 Å². The fraction of sp³-hybridized carbons (Fsp3) is 0.217. The normalized spacial score (nSPS) is 11.1. The lowest BCUT2D eigenvalue weighted by molar-refractivity contribution is 0.0459. The number of rotatable bonds is 7. The highest BCUT2D eigenvalue weighted by atomic mass is 16.5. The van der Waals surface area contributed by atoms with E-state index >= 15 is 0 Å². The molecule has 3 rings (SSSR count). The maximum absolute atomic E-state index is 12.0. The third kappa shape index (κ3) is 5.10. The fourth-order valence-electron chi connectivity index (χ4n) is 2.48. The molecule has 144 valence electrons. The van der Waals surface area contributed by atoms with Crippen molar-refractivity contribution < 1.29 is 18.7 Å². The number of carbonyl (C=O) groups excluding carboxylic acids is 1. The number of esters is 1. The molecular weight excluding hydrogens is 354 g/mol. The highest BCUT2D eigenvalue weighted by Crippen LogP contribution is 2.23. The Morgan fingerprint density at radius 3 is 2.39 bits per heavy atom. The molecule has 0 saturated heterocycles. The topological polar surface area (TPSA) is 61.0 Å². The van der Waals surface area contributed by atoms with Crippen LogP contribution in [0.1, 0.15) is 30.0 Å². The van der Waals surface area contributed by atoms with Gasteiger partial charge in [-0.05, 0) is 54.4 Å². The molecule has 5 nitrogen and oxygen atoms in total. The van der Waals surface area contributed by atoms with Crippen molar-refractivity contribution >= 4 is 17.9 Å². The van der Waals surface area contributed by atoms with E-state index in [0.29, 0.717) is 29.6 Å². The lowest BCUT2D eigenvalue weighted by Gasteiger charge is -2.07. The van der Waals surface area contributed by atoms with Gasteiger partial charge in [0.1, 0.15) is 17.3 Å². The molecule has 1 heterocycles. The molecule has 1 aromatic heterocycles. The zero-order valence-corrected chi connectivity index (χ0v) is 16.2. The van der Waals surface area contributed by atoms with E-state index in [1.54, 1.807) is 25.5 Å². The first-order valence-electron chi connectivity index (χ1n) is 9.10. The van der Waals surface area contributed by atoms with E-state index in [1.165, 1.54) is 0 Å². The molecule has 5 heteroatoms. The van der Waals surface area contributed by atoms with Crippen LogP contribution >= 0.6 is 0 Å². The van der Waals surface area contributed by atoms with Crippen LogP contribution in [0.15, 0.2) is 70.1 Å². The number of hydrogen-bond donors (Lipinski definition) is 0. The van der Waals surface area contributed by atoms with Crippen LogP contribution in [0.4, 0.5) is 5.69 Å². The van der Waals surface area contributed by atoms with E-state index in [0.717, 1.165) is 17.0 Å². The fourth-order valence-corrected chi connectivity index (χ4v) is 2.48. The molecule has 0 bridgehead atoms. The second kappa shape index (κ2) is 9.04. The number of carbonyl (C=O) groups is 1. The number of hydrogen-bond acceptors (Lipinski definition) is 5. The van der Waals surface area contributed by atoms with Crippen LogP contribution in [0, 0.1) is 5.92 Å². The Hall–Kier alpha value is -3.34. The first-order valence-corrected chi connectivity index (χ1v) is 9.10. The summed E-state index contributed by atoms with van der Waals surface area (Å²) in [5, 5.41) is 0. The monoisotopic (exact) mass is 377 g/mol. The van der Waals surface area contributed by atoms with Crippen LogP contribution in [0.25, 0.3) is 11.3 Å². The van der Waals surface area contributed by atoms with E-state index in [1.807, 2.05) is 62.4 Å². The molecule has 0 amide bonds. The molecular formula is C23H23NO4. The number of nitrogens with zero attached hydrogens (tertiary/aromatic N) is 1. The molecule has 0 aliphatic rings. The highest BCUT2D eigenvalue weighted by molar-refractivity contribution is 5.90. The lowest BCUT2D eigenvalue weighted by atomic mass is 10.1. The SMILES string of the molecule is COc1ccc(N=Cc2ccc(-c3ccc(C(=O)OCC(C)C)cc3)o2)cc1. The number of aliphatic imine (C=N–C) groups is 1. The molecule has 0 radical (unpaired) electrons. The van der Waals surface area contributed by atoms with Crippen LogP contribution in [0.2, 0.25) is 0 Å². The maximum Gasteiger partial charge on any atom is 0.338 e. The molecule has 0 N–H and O–H groups in total. The minimum absolute atomic E-state index is 0.310. The van der Waals surface area contributed by atoms with Crippen molar-refractivity contribution in [2.45, 2.75) is 13.8 Å². The van der Waals surface area contributed by atoms with Gasteiger partial charge in [0.25, 0.3) is 0 Å². The zero-order valence-electron chi connectivity index (χ0n) is 16.2. The average Bonchev–Trinajstić information content (AvgIpc) is 3.20. The number of methoxy groups -OCH3 is 1. The van der Waals surface area contributed by atoms with Crippen molar-refractivity contribution in [3.8, 4) is 17.1 Å². The quantitative estimate of drug-likeness (QED) is 0.402. The molecule has 0 unspecified atom stereocenters. The van der Waals surface area contributed by atoms with Crippen LogP contribution in [0.3, 0.4) is 0 Å². The summed E-state index contributed by atoms with van der Waals surface area (Å²) in [5.74, 6) is 2.14. The van der Waals surface area contributed by atoms with Gasteiger partial charge in [-0.2, -0.15) is 0 Å². The summed E-state index contributed by atoms with van der Waals surface area (Å²) in [7, 11) is 1.63. The number of benzene rings is 2. The number of ether oxygens (including phenoxy) is 2. The Morgan fingerprint density at radius 2 is 1.75 bits per heavy atom. The predicted molar refractivity (Wildman–Crippen MR) is 110 cm³/mol. The highest BCUT2D eigenvalue weighted by Gasteiger charge is 2.10. The Labute approximate surface area is 164 Å². The summed E-state index contributed by atoms with van der Waals surface area (Å²) in [6.07, 6.45) is 1.67. The molecule has 0 aliphatic heterocycles. The Bertz CT molecular complexity index is 937. The summed E-state index contributed by atoms with van der Waals surface area (Å²) >= 11 is 0. The maximum atomic E-state index is 12.0. The smallest absolute Gasteiger partial charge is 0.338 e. The minimum Gasteiger partial charge on any atom is -0.497 e. The second-order valence-electron chi connectivity index (χ2n) is 6.73. The Balaban J connectivity index is 1.66. The van der Waals surface area contributed by atoms with E-state index in [9.17, 15) is 4.79 Å². The summed E-state index contributed by atoms with van der Waals surface area (Å²) in [6.45, 7) is 4.42. The summed E-state index contributed by atoms with van der Waals surface area (Å²) in [6, 6.07) is 18.4. The van der Waals surface area contributed by atoms with E-state index < -0.39 is 0 Å². The first kappa shape index (κ1) is 19.4. The average molecular weight is 377 g/mol. The third-order valence-electron chi connectivity index (χ3n) is 3.99. The van der Waals surface area contributed by atoms with Crippen molar-refractivity contribution in [3.05, 3.63) is 72.0 Å². The largest absolute Gasteiger partial charge is 0.497 e. The second-order valence-corrected chi connectivity index (χ2v) is 6.73. The van der Waals surface area contributed by atoms with Gasteiger partial charge in [0, 0.05) is 5.56 Å². The molecule has 0 fully saturated rings. The van der Waals surface area contributed by atoms with Crippen LogP contribution in [-0.2, 0) is 4.74 Å². The van der Waals surface area contributed by atoms with Gasteiger partial charge in [0.05, 0.1) is 31.2 Å². The Kier molecular flexibility index (Phi) is 6.27. The first-order chi connectivity index (χ1) is 13.5. The standard InChI is InChI=1S/C23H23NO4/c1-16(2)15-27-23(25)18-6-4-17(5-7-18)22-13-12-21(28-22)14-24-19-8-10-20(26-3)11-9-19/h4-14,16H,15H2,1-3H3. The van der Waals surface area contributed by atoms with Gasteiger partial charge in [-0.25, -0.2) is 4.79 Å². The minimum atomic E-state index is -0.313. The predicted octanol–water partition coefficient (Wildman–Crippen LogP) is 5.52. The summed E-state index contributed by atoms with van der Waals surface area (Å²) in [4.78, 5) is 16.4. The van der Waals surface area contributed by atoms with Crippen molar-refractivity contribution in [1.82, 2.24) is 0 Å². The van der Waals surface area contributed by atoms with Gasteiger partial charge in [-0.3, -0.25) is 4.99 Å². The Morgan fingerprint density at radius 1 is 1.04 bits per heavy atom. The van der Waals surface area contributed by atoms with Gasteiger partial charge in [0.2, 0.25) is 0 Å². The molecule has 0 saturated carbocycles. The van der Waals surface area contributed by atoms with Crippen molar-refractivity contribution in [2.24, 2.45) is 10.9 Å². The summed E-state index contributed by atoms with van der Waals surface area (Å²) < 4.78 is 16.2. The van der Waals surface area contributed by atoms with Gasteiger partial charge < -0.3 is 13.9 Å². The molecule has 0 atom stereocenters. The number of furan rings is 1. The molecule has 2 aromatic carbocycles. The molecule has 0 spiro atoms. The van der Waals surface area contributed by atoms with Crippen LogP contribution in [0.5, 0.6) is 5.75 Å². The molecule has 3 aromatic rings. The van der Waals surface area contributed by atoms with Gasteiger partial charge in [-0.15, -0.1) is 0 Å². The summed E-state index contributed by atoms with van der Waals surface area (Å²) in [5.41, 5.74) is 2.21. The van der Waals surface area contributed by atoms with Crippen molar-refractivity contribution in [2.75, 3.05) is 13.7 Å². The molecule has 0 aliphatic carbocycles. The van der Waals surface area contributed by atoms with Crippen LogP contribution in [-0.4, -0.2) is 25.9 Å². The van der Waals surface area contributed by atoms with Gasteiger partial charge in [0.15, 0.2) is 0 Å². The van der Waals surface area contributed by atoms with Crippen molar-refractivity contribution in [1.29, 1.82) is 0 Å². The van der Waals surface area contributed by atoms with Gasteiger partial charge >= 0.3 is 5.97 Å².